The van der Waals surface area contributed by atoms with E-state index < -0.39 is 5.79 Å². The lowest BCUT2D eigenvalue weighted by atomic mass is 10.2. The van der Waals surface area contributed by atoms with Crippen molar-refractivity contribution in [2.24, 2.45) is 0 Å². The van der Waals surface area contributed by atoms with E-state index in [9.17, 15) is 4.79 Å². The Morgan fingerprint density at radius 2 is 2.43 bits per heavy atom. The fourth-order valence-electron chi connectivity index (χ4n) is 1.28. The Morgan fingerprint density at radius 3 is 2.93 bits per heavy atom. The SMILES string of the molecule is C=C1COC(C)(CCC(=O)OCC)O1. The summed E-state index contributed by atoms with van der Waals surface area (Å²) in [4.78, 5) is 11.1. The number of ether oxygens (including phenoxy) is 3. The Labute approximate surface area is 83.8 Å². The van der Waals surface area contributed by atoms with Crippen molar-refractivity contribution in [1.82, 2.24) is 0 Å². The maximum atomic E-state index is 11.1. The van der Waals surface area contributed by atoms with Gasteiger partial charge in [-0.25, -0.2) is 0 Å². The highest BCUT2D eigenvalue weighted by Gasteiger charge is 2.34. The summed E-state index contributed by atoms with van der Waals surface area (Å²) in [6, 6.07) is 0. The van der Waals surface area contributed by atoms with Crippen LogP contribution in [0.3, 0.4) is 0 Å². The summed E-state index contributed by atoms with van der Waals surface area (Å²) < 4.78 is 15.5. The van der Waals surface area contributed by atoms with Crippen LogP contribution in [0.1, 0.15) is 26.7 Å². The van der Waals surface area contributed by atoms with Crippen LogP contribution >= 0.6 is 0 Å². The van der Waals surface area contributed by atoms with Crippen molar-refractivity contribution < 1.29 is 19.0 Å². The van der Waals surface area contributed by atoms with Crippen molar-refractivity contribution in [1.29, 1.82) is 0 Å². The molecular formula is C10H16O4. The van der Waals surface area contributed by atoms with E-state index in [1.165, 1.54) is 0 Å². The fourth-order valence-corrected chi connectivity index (χ4v) is 1.28. The Bertz CT molecular complexity index is 236. The molecule has 1 saturated heterocycles. The molecule has 0 aromatic heterocycles. The summed E-state index contributed by atoms with van der Waals surface area (Å²) in [6.07, 6.45) is 0.794. The van der Waals surface area contributed by atoms with Crippen LogP contribution < -0.4 is 0 Å². The fraction of sp³-hybridized carbons (Fsp3) is 0.700. The van der Waals surface area contributed by atoms with Crippen LogP contribution in [-0.2, 0) is 19.0 Å². The van der Waals surface area contributed by atoms with Crippen LogP contribution in [0.25, 0.3) is 0 Å². The number of rotatable bonds is 4. The van der Waals surface area contributed by atoms with Gasteiger partial charge in [-0.3, -0.25) is 4.79 Å². The van der Waals surface area contributed by atoms with Gasteiger partial charge in [0.25, 0.3) is 0 Å². The first kappa shape index (κ1) is 11.0. The quantitative estimate of drug-likeness (QED) is 0.647. The van der Waals surface area contributed by atoms with E-state index in [2.05, 4.69) is 6.58 Å². The predicted molar refractivity (Wildman–Crippen MR) is 50.4 cm³/mol. The van der Waals surface area contributed by atoms with Gasteiger partial charge in [0.1, 0.15) is 12.4 Å². The highest BCUT2D eigenvalue weighted by Crippen LogP contribution is 2.29. The first-order valence-electron chi connectivity index (χ1n) is 4.72. The van der Waals surface area contributed by atoms with Gasteiger partial charge in [0, 0.05) is 13.3 Å². The van der Waals surface area contributed by atoms with E-state index >= 15 is 0 Å². The third kappa shape index (κ3) is 3.03. The number of hydrogen-bond donors (Lipinski definition) is 0. The Morgan fingerprint density at radius 1 is 1.71 bits per heavy atom. The van der Waals surface area contributed by atoms with Crippen molar-refractivity contribution in [3.63, 3.8) is 0 Å². The smallest absolute Gasteiger partial charge is 0.306 e. The molecule has 80 valence electrons. The van der Waals surface area contributed by atoms with Crippen molar-refractivity contribution in [2.75, 3.05) is 13.2 Å². The summed E-state index contributed by atoms with van der Waals surface area (Å²) in [7, 11) is 0. The van der Waals surface area contributed by atoms with Crippen LogP contribution in [0.4, 0.5) is 0 Å². The molecule has 4 nitrogen and oxygen atoms in total. The first-order chi connectivity index (χ1) is 6.56. The monoisotopic (exact) mass is 200 g/mol. The van der Waals surface area contributed by atoms with E-state index in [1.54, 1.807) is 13.8 Å². The normalized spacial score (nSPS) is 26.0. The largest absolute Gasteiger partial charge is 0.466 e. The molecule has 0 aromatic carbocycles. The van der Waals surface area contributed by atoms with Crippen molar-refractivity contribution in [3.05, 3.63) is 12.3 Å². The molecular weight excluding hydrogens is 184 g/mol. The molecule has 0 spiro atoms. The van der Waals surface area contributed by atoms with Gasteiger partial charge < -0.3 is 14.2 Å². The summed E-state index contributed by atoms with van der Waals surface area (Å²) in [5.74, 6) is -0.320. The second-order valence-corrected chi connectivity index (χ2v) is 3.37. The van der Waals surface area contributed by atoms with E-state index in [4.69, 9.17) is 14.2 Å². The van der Waals surface area contributed by atoms with Gasteiger partial charge in [0.15, 0.2) is 0 Å². The molecule has 1 heterocycles. The zero-order valence-corrected chi connectivity index (χ0v) is 8.67. The third-order valence-corrected chi connectivity index (χ3v) is 1.99. The lowest BCUT2D eigenvalue weighted by Gasteiger charge is -2.21. The Kier molecular flexibility index (Phi) is 3.52. The molecule has 0 N–H and O–H groups in total. The minimum Gasteiger partial charge on any atom is -0.466 e. The van der Waals surface area contributed by atoms with Crippen LogP contribution in [-0.4, -0.2) is 25.0 Å². The molecule has 1 rings (SSSR count). The second kappa shape index (κ2) is 4.46. The average molecular weight is 200 g/mol. The summed E-state index contributed by atoms with van der Waals surface area (Å²) in [5.41, 5.74) is 0. The lowest BCUT2D eigenvalue weighted by molar-refractivity contribution is -0.157. The molecule has 14 heavy (non-hydrogen) atoms. The number of carbonyl (C=O) groups is 1. The topological polar surface area (TPSA) is 44.8 Å². The second-order valence-electron chi connectivity index (χ2n) is 3.37. The Balaban J connectivity index is 2.30. The van der Waals surface area contributed by atoms with Gasteiger partial charge in [-0.1, -0.05) is 6.58 Å². The minimum absolute atomic E-state index is 0.224. The summed E-state index contributed by atoms with van der Waals surface area (Å²) >= 11 is 0. The predicted octanol–water partition coefficient (Wildman–Crippen LogP) is 1.61. The maximum Gasteiger partial charge on any atom is 0.306 e. The van der Waals surface area contributed by atoms with Crippen LogP contribution in [0.5, 0.6) is 0 Å². The van der Waals surface area contributed by atoms with E-state index in [0.29, 0.717) is 31.8 Å². The van der Waals surface area contributed by atoms with Gasteiger partial charge in [-0.05, 0) is 6.92 Å². The molecule has 0 radical (unpaired) electrons. The standard InChI is InChI=1S/C10H16O4/c1-4-12-9(11)5-6-10(3)13-7-8(2)14-10/h2,4-7H2,1,3H3. The molecule has 1 aliphatic heterocycles. The van der Waals surface area contributed by atoms with Crippen LogP contribution in [0.2, 0.25) is 0 Å². The van der Waals surface area contributed by atoms with Gasteiger partial charge in [0.2, 0.25) is 5.79 Å². The van der Waals surface area contributed by atoms with Crippen LogP contribution in [0.15, 0.2) is 12.3 Å². The van der Waals surface area contributed by atoms with Gasteiger partial charge in [0.05, 0.1) is 13.0 Å². The maximum absolute atomic E-state index is 11.1. The van der Waals surface area contributed by atoms with Crippen molar-refractivity contribution >= 4 is 5.97 Å². The molecule has 1 aliphatic rings. The lowest BCUT2D eigenvalue weighted by Crippen LogP contribution is -2.26. The van der Waals surface area contributed by atoms with Crippen molar-refractivity contribution in [3.8, 4) is 0 Å². The van der Waals surface area contributed by atoms with Crippen molar-refractivity contribution in [2.45, 2.75) is 32.5 Å². The van der Waals surface area contributed by atoms with Crippen LogP contribution in [0, 0.1) is 0 Å². The highest BCUT2D eigenvalue weighted by molar-refractivity contribution is 5.69. The van der Waals surface area contributed by atoms with E-state index in [1.807, 2.05) is 0 Å². The van der Waals surface area contributed by atoms with Gasteiger partial charge in [-0.2, -0.15) is 0 Å². The molecule has 4 heteroatoms. The molecule has 1 fully saturated rings. The summed E-state index contributed by atoms with van der Waals surface area (Å²) in [5, 5.41) is 0. The van der Waals surface area contributed by atoms with E-state index in [0.717, 1.165) is 0 Å². The molecule has 0 aliphatic carbocycles. The molecule has 0 bridgehead atoms. The van der Waals surface area contributed by atoms with Gasteiger partial charge >= 0.3 is 5.97 Å². The summed E-state index contributed by atoms with van der Waals surface area (Å²) in [6.45, 7) is 8.04. The average Bonchev–Trinajstić information content (AvgIpc) is 2.45. The molecule has 0 saturated carbocycles. The zero-order valence-electron chi connectivity index (χ0n) is 8.67. The number of esters is 1. The number of carbonyl (C=O) groups excluding carboxylic acids is 1. The third-order valence-electron chi connectivity index (χ3n) is 1.99. The highest BCUT2D eigenvalue weighted by atomic mass is 16.7. The van der Waals surface area contributed by atoms with E-state index in [-0.39, 0.29) is 5.97 Å². The molecule has 1 unspecified atom stereocenters. The molecule has 0 amide bonds. The minimum atomic E-state index is -0.705. The molecule has 0 aromatic rings. The number of hydrogen-bond acceptors (Lipinski definition) is 4. The zero-order chi connectivity index (χ0) is 10.6. The Hall–Kier alpha value is -1.03. The molecule has 1 atom stereocenters. The van der Waals surface area contributed by atoms with Gasteiger partial charge in [-0.15, -0.1) is 0 Å². The first-order valence-corrected chi connectivity index (χ1v) is 4.72.